The van der Waals surface area contributed by atoms with E-state index < -0.39 is 5.97 Å². The van der Waals surface area contributed by atoms with E-state index in [0.29, 0.717) is 24.2 Å². The van der Waals surface area contributed by atoms with Crippen LogP contribution in [0.25, 0.3) is 0 Å². The largest absolute Gasteiger partial charge is 0.478 e. The van der Waals surface area contributed by atoms with E-state index in [0.717, 1.165) is 25.0 Å². The number of carboxylic acids is 1. The summed E-state index contributed by atoms with van der Waals surface area (Å²) in [6.45, 7) is 9.90. The maximum Gasteiger partial charge on any atom is 0.333 e. The van der Waals surface area contributed by atoms with Gasteiger partial charge in [-0.15, -0.1) is 0 Å². The van der Waals surface area contributed by atoms with Crippen molar-refractivity contribution in [1.82, 2.24) is 4.90 Å². The fourth-order valence-corrected chi connectivity index (χ4v) is 2.08. The Morgan fingerprint density at radius 2 is 1.77 bits per heavy atom. The van der Waals surface area contributed by atoms with Gasteiger partial charge in [-0.05, 0) is 66.6 Å². The number of aliphatic carboxylic acids is 1. The van der Waals surface area contributed by atoms with Crippen LogP contribution in [0, 0.1) is 5.92 Å². The van der Waals surface area contributed by atoms with E-state index in [-0.39, 0.29) is 11.9 Å². The summed E-state index contributed by atoms with van der Waals surface area (Å²) in [6.07, 6.45) is 2.40. The quantitative estimate of drug-likeness (QED) is 0.382. The molecule has 5 nitrogen and oxygen atoms in total. The van der Waals surface area contributed by atoms with Gasteiger partial charge in [0, 0.05) is 11.1 Å². The van der Waals surface area contributed by atoms with Gasteiger partial charge in [-0.2, -0.15) is 0 Å². The Morgan fingerprint density at radius 1 is 1.18 bits per heavy atom. The van der Waals surface area contributed by atoms with Crippen LogP contribution in [0.3, 0.4) is 0 Å². The molecule has 1 N–H and O–H groups in total. The lowest BCUT2D eigenvalue weighted by atomic mass is 9.89. The normalized spacial score (nSPS) is 13.5. The Balaban J connectivity index is 4.61. The van der Waals surface area contributed by atoms with Crippen molar-refractivity contribution in [2.24, 2.45) is 5.92 Å². The third-order valence-corrected chi connectivity index (χ3v) is 3.73. The smallest absolute Gasteiger partial charge is 0.333 e. The van der Waals surface area contributed by atoms with Crippen molar-refractivity contribution >= 4 is 11.9 Å². The van der Waals surface area contributed by atoms with Gasteiger partial charge in [-0.3, -0.25) is 0 Å². The Labute approximate surface area is 133 Å². The van der Waals surface area contributed by atoms with Crippen LogP contribution in [-0.4, -0.2) is 49.2 Å². The topological polar surface area (TPSA) is 66.8 Å². The molecule has 0 aliphatic rings. The van der Waals surface area contributed by atoms with Crippen LogP contribution in [0.2, 0.25) is 0 Å². The van der Waals surface area contributed by atoms with Crippen LogP contribution >= 0.6 is 0 Å². The minimum Gasteiger partial charge on any atom is -0.478 e. The van der Waals surface area contributed by atoms with E-state index in [4.69, 9.17) is 9.84 Å². The first kappa shape index (κ1) is 20.4. The van der Waals surface area contributed by atoms with Crippen molar-refractivity contribution in [2.45, 2.75) is 40.0 Å². The molecule has 0 spiro atoms. The summed E-state index contributed by atoms with van der Waals surface area (Å²) in [6, 6.07) is 0. The summed E-state index contributed by atoms with van der Waals surface area (Å²) in [4.78, 5) is 24.5. The van der Waals surface area contributed by atoms with Crippen molar-refractivity contribution in [2.75, 3.05) is 27.2 Å². The molecule has 0 amide bonds. The molecular formula is C17H29NO4. The lowest BCUT2D eigenvalue weighted by Gasteiger charge is -2.21. The fourth-order valence-electron chi connectivity index (χ4n) is 2.08. The lowest BCUT2D eigenvalue weighted by molar-refractivity contribution is -0.139. The number of ether oxygens (including phenoxy) is 1. The average Bonchev–Trinajstić information content (AvgIpc) is 2.43. The summed E-state index contributed by atoms with van der Waals surface area (Å²) in [5.41, 5.74) is 1.70. The van der Waals surface area contributed by atoms with Crippen molar-refractivity contribution < 1.29 is 19.4 Å². The molecule has 0 fully saturated rings. The first-order valence-electron chi connectivity index (χ1n) is 7.54. The molecular weight excluding hydrogens is 282 g/mol. The molecule has 22 heavy (non-hydrogen) atoms. The second-order valence-electron chi connectivity index (χ2n) is 5.96. The molecule has 126 valence electrons. The molecule has 0 bridgehead atoms. The molecule has 0 aromatic carbocycles. The van der Waals surface area contributed by atoms with Crippen LogP contribution in [0.15, 0.2) is 23.3 Å². The van der Waals surface area contributed by atoms with Gasteiger partial charge in [0.05, 0.1) is 6.61 Å². The first-order chi connectivity index (χ1) is 10.2. The van der Waals surface area contributed by atoms with E-state index >= 15 is 0 Å². The van der Waals surface area contributed by atoms with Crippen LogP contribution in [-0.2, 0) is 14.3 Å². The summed E-state index contributed by atoms with van der Waals surface area (Å²) >= 11 is 0. The highest BCUT2D eigenvalue weighted by Crippen LogP contribution is 2.24. The molecule has 0 aliphatic carbocycles. The molecule has 1 unspecified atom stereocenters. The number of rotatable bonds is 10. The highest BCUT2D eigenvalue weighted by molar-refractivity contribution is 5.87. The van der Waals surface area contributed by atoms with Gasteiger partial charge in [0.1, 0.15) is 0 Å². The zero-order valence-electron chi connectivity index (χ0n) is 14.4. The molecule has 0 rings (SSSR count). The number of carbonyl (C=O) groups excluding carboxylic acids is 1. The van der Waals surface area contributed by atoms with Gasteiger partial charge in [-0.25, -0.2) is 9.59 Å². The predicted octanol–water partition coefficient (Wildman–Crippen LogP) is 2.87. The molecule has 0 saturated carbocycles. The highest BCUT2D eigenvalue weighted by atomic mass is 16.5. The molecule has 0 aliphatic heterocycles. The lowest BCUT2D eigenvalue weighted by Crippen LogP contribution is -2.19. The Kier molecular flexibility index (Phi) is 9.42. The zero-order chi connectivity index (χ0) is 17.3. The standard InChI is InChI=1S/C17H29NO4/c1-12(2)17(21)22-11-7-8-15(9-10-18(5)6)13(3)14(4)16(19)20/h15H,1,7-11H2,2-6H3,(H,19,20). The van der Waals surface area contributed by atoms with Crippen LogP contribution in [0.1, 0.15) is 40.0 Å². The molecule has 1 atom stereocenters. The third kappa shape index (κ3) is 7.98. The number of allylic oxidation sites excluding steroid dienone is 1. The van der Waals surface area contributed by atoms with Gasteiger partial charge in [-0.1, -0.05) is 12.2 Å². The summed E-state index contributed by atoms with van der Waals surface area (Å²) in [7, 11) is 3.99. The van der Waals surface area contributed by atoms with E-state index in [2.05, 4.69) is 11.5 Å². The monoisotopic (exact) mass is 311 g/mol. The first-order valence-corrected chi connectivity index (χ1v) is 7.54. The van der Waals surface area contributed by atoms with Gasteiger partial charge >= 0.3 is 11.9 Å². The Morgan fingerprint density at radius 3 is 2.23 bits per heavy atom. The summed E-state index contributed by atoms with van der Waals surface area (Å²) < 4.78 is 5.09. The van der Waals surface area contributed by atoms with E-state index in [1.807, 2.05) is 21.0 Å². The number of carboxylic acid groups (broad SMARTS) is 1. The van der Waals surface area contributed by atoms with Crippen molar-refractivity contribution in [1.29, 1.82) is 0 Å². The van der Waals surface area contributed by atoms with E-state index in [1.165, 1.54) is 0 Å². The Bertz CT molecular complexity index is 438. The van der Waals surface area contributed by atoms with Gasteiger partial charge in [0.25, 0.3) is 0 Å². The number of nitrogens with zero attached hydrogens (tertiary/aromatic N) is 1. The number of carbonyl (C=O) groups is 2. The number of esters is 1. The minimum absolute atomic E-state index is 0.182. The number of hydrogen-bond donors (Lipinski definition) is 1. The molecule has 0 radical (unpaired) electrons. The zero-order valence-corrected chi connectivity index (χ0v) is 14.4. The second-order valence-corrected chi connectivity index (χ2v) is 5.96. The van der Waals surface area contributed by atoms with Gasteiger partial charge in [0.15, 0.2) is 0 Å². The van der Waals surface area contributed by atoms with Crippen LogP contribution < -0.4 is 0 Å². The van der Waals surface area contributed by atoms with Crippen LogP contribution in [0.5, 0.6) is 0 Å². The Hall–Kier alpha value is -1.62. The molecule has 0 saturated heterocycles. The minimum atomic E-state index is -0.874. The number of hydrogen-bond acceptors (Lipinski definition) is 4. The average molecular weight is 311 g/mol. The van der Waals surface area contributed by atoms with Crippen LogP contribution in [0.4, 0.5) is 0 Å². The van der Waals surface area contributed by atoms with E-state index in [9.17, 15) is 9.59 Å². The summed E-state index contributed by atoms with van der Waals surface area (Å²) in [5, 5.41) is 9.14. The SMILES string of the molecule is C=C(C)C(=O)OCCCC(CCN(C)C)C(C)=C(C)C(=O)O. The maximum absolute atomic E-state index is 11.3. The van der Waals surface area contributed by atoms with Crippen molar-refractivity contribution in [3.63, 3.8) is 0 Å². The van der Waals surface area contributed by atoms with Crippen molar-refractivity contribution in [3.8, 4) is 0 Å². The molecule has 0 aromatic heterocycles. The van der Waals surface area contributed by atoms with Crippen molar-refractivity contribution in [3.05, 3.63) is 23.3 Å². The molecule has 5 heteroatoms. The summed E-state index contributed by atoms with van der Waals surface area (Å²) in [5.74, 6) is -1.07. The second kappa shape index (κ2) is 10.2. The molecule has 0 aromatic rings. The van der Waals surface area contributed by atoms with Gasteiger partial charge in [0.2, 0.25) is 0 Å². The fraction of sp³-hybridized carbons (Fsp3) is 0.647. The van der Waals surface area contributed by atoms with E-state index in [1.54, 1.807) is 13.8 Å². The van der Waals surface area contributed by atoms with Gasteiger partial charge < -0.3 is 14.7 Å². The maximum atomic E-state index is 11.3. The highest BCUT2D eigenvalue weighted by Gasteiger charge is 2.16. The third-order valence-electron chi connectivity index (χ3n) is 3.73. The predicted molar refractivity (Wildman–Crippen MR) is 87.7 cm³/mol. The molecule has 0 heterocycles.